The van der Waals surface area contributed by atoms with Gasteiger partial charge in [-0.25, -0.2) is 4.98 Å². The SMILES string of the molecule is CCC#N.NCCc1cnc[nH]1. The second kappa shape index (κ2) is 7.76. The fourth-order valence-electron chi connectivity index (χ4n) is 0.577. The van der Waals surface area contributed by atoms with E-state index >= 15 is 0 Å². The van der Waals surface area contributed by atoms with E-state index in [2.05, 4.69) is 9.97 Å². The first kappa shape index (κ1) is 10.7. The van der Waals surface area contributed by atoms with Gasteiger partial charge in [0.15, 0.2) is 0 Å². The van der Waals surface area contributed by atoms with E-state index in [0.29, 0.717) is 13.0 Å². The zero-order chi connectivity index (χ0) is 9.23. The molecular weight excluding hydrogens is 152 g/mol. The largest absolute Gasteiger partial charge is 0.348 e. The zero-order valence-electron chi connectivity index (χ0n) is 7.25. The Kier molecular flexibility index (Phi) is 6.90. The summed E-state index contributed by atoms with van der Waals surface area (Å²) in [6, 6.07) is 1.93. The minimum Gasteiger partial charge on any atom is -0.348 e. The molecule has 0 radical (unpaired) electrons. The summed E-state index contributed by atoms with van der Waals surface area (Å²) in [6.07, 6.45) is 4.96. The van der Waals surface area contributed by atoms with Crippen LogP contribution >= 0.6 is 0 Å². The summed E-state index contributed by atoms with van der Waals surface area (Å²) < 4.78 is 0. The van der Waals surface area contributed by atoms with Crippen molar-refractivity contribution in [2.75, 3.05) is 6.54 Å². The number of imidazole rings is 1. The summed E-state index contributed by atoms with van der Waals surface area (Å²) in [4.78, 5) is 6.78. The Morgan fingerprint density at radius 3 is 2.75 bits per heavy atom. The molecule has 0 spiro atoms. The Balaban J connectivity index is 0.000000261. The third kappa shape index (κ3) is 5.45. The lowest BCUT2D eigenvalue weighted by Crippen LogP contribution is -2.02. The third-order valence-electron chi connectivity index (χ3n) is 1.13. The summed E-state index contributed by atoms with van der Waals surface area (Å²) in [5, 5.41) is 7.62. The number of aromatic nitrogens is 2. The molecule has 0 unspecified atom stereocenters. The molecule has 0 fully saturated rings. The highest BCUT2D eigenvalue weighted by Crippen LogP contribution is 1.88. The number of nitrogens with two attached hydrogens (primary N) is 1. The number of H-pyrrole nitrogens is 1. The molecule has 0 aliphatic carbocycles. The fraction of sp³-hybridized carbons (Fsp3) is 0.500. The molecule has 0 aromatic carbocycles. The van der Waals surface area contributed by atoms with Crippen molar-refractivity contribution in [1.82, 2.24) is 9.97 Å². The predicted octanol–water partition coefficient (Wildman–Crippen LogP) is 0.831. The lowest BCUT2D eigenvalue weighted by Gasteiger charge is -1.86. The van der Waals surface area contributed by atoms with Gasteiger partial charge in [0.2, 0.25) is 0 Å². The van der Waals surface area contributed by atoms with Crippen LogP contribution in [0.25, 0.3) is 0 Å². The molecular formula is C8H14N4. The van der Waals surface area contributed by atoms with Gasteiger partial charge in [-0.2, -0.15) is 5.26 Å². The molecule has 0 amide bonds. The molecule has 1 aromatic rings. The van der Waals surface area contributed by atoms with Gasteiger partial charge in [-0.05, 0) is 6.54 Å². The van der Waals surface area contributed by atoms with Crippen molar-refractivity contribution in [2.24, 2.45) is 5.73 Å². The Morgan fingerprint density at radius 1 is 1.75 bits per heavy atom. The highest BCUT2D eigenvalue weighted by Gasteiger charge is 1.86. The highest BCUT2D eigenvalue weighted by molar-refractivity contribution is 4.93. The maximum absolute atomic E-state index is 7.62. The lowest BCUT2D eigenvalue weighted by atomic mass is 10.3. The molecule has 0 aliphatic rings. The van der Waals surface area contributed by atoms with Crippen LogP contribution in [0, 0.1) is 11.3 Å². The maximum Gasteiger partial charge on any atom is 0.0921 e. The average Bonchev–Trinajstić information content (AvgIpc) is 2.58. The van der Waals surface area contributed by atoms with Gasteiger partial charge < -0.3 is 10.7 Å². The molecule has 12 heavy (non-hydrogen) atoms. The smallest absolute Gasteiger partial charge is 0.0921 e. The van der Waals surface area contributed by atoms with Gasteiger partial charge in [-0.3, -0.25) is 0 Å². The maximum atomic E-state index is 7.62. The summed E-state index contributed by atoms with van der Waals surface area (Å²) in [5.74, 6) is 0. The minimum absolute atomic E-state index is 0.625. The number of hydrogen-bond donors (Lipinski definition) is 2. The van der Waals surface area contributed by atoms with E-state index in [0.717, 1.165) is 12.1 Å². The van der Waals surface area contributed by atoms with Crippen molar-refractivity contribution in [1.29, 1.82) is 5.26 Å². The molecule has 1 heterocycles. The Labute approximate surface area is 72.4 Å². The fourth-order valence-corrected chi connectivity index (χ4v) is 0.577. The van der Waals surface area contributed by atoms with Gasteiger partial charge in [0, 0.05) is 24.7 Å². The Morgan fingerprint density at radius 2 is 2.42 bits per heavy atom. The van der Waals surface area contributed by atoms with Crippen molar-refractivity contribution in [3.8, 4) is 6.07 Å². The summed E-state index contributed by atoms with van der Waals surface area (Å²) >= 11 is 0. The minimum atomic E-state index is 0.625. The average molecular weight is 166 g/mol. The van der Waals surface area contributed by atoms with Crippen LogP contribution in [0.2, 0.25) is 0 Å². The number of nitrogens with zero attached hydrogens (tertiary/aromatic N) is 2. The molecule has 4 nitrogen and oxygen atoms in total. The standard InChI is InChI=1S/C5H9N3.C3H5N/c6-2-1-5-3-7-4-8-5;1-2-3-4/h3-4H,1-2,6H2,(H,7,8);2H2,1H3. The predicted molar refractivity (Wildman–Crippen MR) is 47.3 cm³/mol. The molecule has 0 saturated heterocycles. The van der Waals surface area contributed by atoms with Gasteiger partial charge in [0.1, 0.15) is 0 Å². The van der Waals surface area contributed by atoms with E-state index in [1.54, 1.807) is 12.5 Å². The van der Waals surface area contributed by atoms with Gasteiger partial charge in [0.25, 0.3) is 0 Å². The topological polar surface area (TPSA) is 78.5 Å². The second-order valence-electron chi connectivity index (χ2n) is 2.13. The van der Waals surface area contributed by atoms with E-state index in [1.807, 2.05) is 13.0 Å². The molecule has 0 saturated carbocycles. The van der Waals surface area contributed by atoms with Crippen LogP contribution in [0.4, 0.5) is 0 Å². The number of nitriles is 1. The number of aromatic amines is 1. The second-order valence-corrected chi connectivity index (χ2v) is 2.13. The molecule has 0 aliphatic heterocycles. The number of hydrogen-bond acceptors (Lipinski definition) is 3. The Hall–Kier alpha value is -1.34. The molecule has 3 N–H and O–H groups in total. The van der Waals surface area contributed by atoms with Crippen molar-refractivity contribution < 1.29 is 0 Å². The van der Waals surface area contributed by atoms with Crippen LogP contribution in [0.3, 0.4) is 0 Å². The van der Waals surface area contributed by atoms with Crippen LogP contribution in [0.15, 0.2) is 12.5 Å². The van der Waals surface area contributed by atoms with Gasteiger partial charge >= 0.3 is 0 Å². The third-order valence-corrected chi connectivity index (χ3v) is 1.13. The molecule has 1 rings (SSSR count). The molecule has 0 atom stereocenters. The normalized spacial score (nSPS) is 8.08. The first-order valence-corrected chi connectivity index (χ1v) is 3.89. The van der Waals surface area contributed by atoms with E-state index < -0.39 is 0 Å². The van der Waals surface area contributed by atoms with Crippen molar-refractivity contribution >= 4 is 0 Å². The quantitative estimate of drug-likeness (QED) is 0.683. The van der Waals surface area contributed by atoms with Crippen LogP contribution in [0.5, 0.6) is 0 Å². The lowest BCUT2D eigenvalue weighted by molar-refractivity contribution is 0.935. The van der Waals surface area contributed by atoms with E-state index in [4.69, 9.17) is 11.0 Å². The van der Waals surface area contributed by atoms with Crippen LogP contribution in [-0.2, 0) is 6.42 Å². The van der Waals surface area contributed by atoms with E-state index in [1.165, 1.54) is 0 Å². The van der Waals surface area contributed by atoms with E-state index in [9.17, 15) is 0 Å². The monoisotopic (exact) mass is 166 g/mol. The molecule has 66 valence electrons. The van der Waals surface area contributed by atoms with Crippen LogP contribution < -0.4 is 5.73 Å². The van der Waals surface area contributed by atoms with E-state index in [-0.39, 0.29) is 0 Å². The van der Waals surface area contributed by atoms with Gasteiger partial charge in [-0.15, -0.1) is 0 Å². The zero-order valence-corrected chi connectivity index (χ0v) is 7.25. The van der Waals surface area contributed by atoms with Crippen LogP contribution in [0.1, 0.15) is 19.0 Å². The first-order chi connectivity index (χ1) is 5.85. The van der Waals surface area contributed by atoms with Gasteiger partial charge in [-0.1, -0.05) is 6.92 Å². The summed E-state index contributed by atoms with van der Waals surface area (Å²) in [7, 11) is 0. The Bertz CT molecular complexity index is 209. The molecule has 4 heteroatoms. The van der Waals surface area contributed by atoms with Crippen molar-refractivity contribution in [3.63, 3.8) is 0 Å². The molecule has 1 aromatic heterocycles. The summed E-state index contributed by atoms with van der Waals surface area (Å²) in [6.45, 7) is 2.50. The first-order valence-electron chi connectivity index (χ1n) is 3.89. The van der Waals surface area contributed by atoms with Crippen LogP contribution in [-0.4, -0.2) is 16.5 Å². The number of rotatable bonds is 2. The number of nitrogens with one attached hydrogen (secondary N) is 1. The van der Waals surface area contributed by atoms with Gasteiger partial charge in [0.05, 0.1) is 12.4 Å². The molecule has 0 bridgehead atoms. The van der Waals surface area contributed by atoms with Crippen molar-refractivity contribution in [2.45, 2.75) is 19.8 Å². The summed E-state index contributed by atoms with van der Waals surface area (Å²) in [5.41, 5.74) is 6.38. The van der Waals surface area contributed by atoms with Crippen molar-refractivity contribution in [3.05, 3.63) is 18.2 Å². The highest BCUT2D eigenvalue weighted by atomic mass is 14.9.